The van der Waals surface area contributed by atoms with Gasteiger partial charge in [-0.3, -0.25) is 4.79 Å². The average molecular weight is 447 g/mol. The van der Waals surface area contributed by atoms with Gasteiger partial charge in [-0.1, -0.05) is 0 Å². The molecule has 1 heterocycles. The van der Waals surface area contributed by atoms with Gasteiger partial charge in [0, 0.05) is 31.1 Å². The minimum atomic E-state index is -1.42. The van der Waals surface area contributed by atoms with Crippen LogP contribution in [0.2, 0.25) is 0 Å². The predicted molar refractivity (Wildman–Crippen MR) is 116 cm³/mol. The number of nitrogens with one attached hydrogen (secondary N) is 2. The number of carbonyl (C=O) groups is 3. The highest BCUT2D eigenvalue weighted by atomic mass is 35.5. The number of carboxylic acid groups (broad SMARTS) is 1. The van der Waals surface area contributed by atoms with Gasteiger partial charge in [-0.25, -0.2) is 9.59 Å². The minimum absolute atomic E-state index is 0. The van der Waals surface area contributed by atoms with Gasteiger partial charge >= 0.3 is 11.9 Å². The number of anilines is 2. The molecule has 0 aromatic heterocycles. The summed E-state index contributed by atoms with van der Waals surface area (Å²) in [6.07, 6.45) is 0.904. The smallest absolute Gasteiger partial charge is 0.338 e. The zero-order chi connectivity index (χ0) is 20.5. The van der Waals surface area contributed by atoms with Crippen molar-refractivity contribution >= 4 is 53.4 Å². The number of methoxy groups -OCH3 is 1. The summed E-state index contributed by atoms with van der Waals surface area (Å²) in [5.74, 6) is -0.574. The molecule has 1 amide bonds. The number of amides is 1. The van der Waals surface area contributed by atoms with E-state index >= 15 is 0 Å². The van der Waals surface area contributed by atoms with Gasteiger partial charge in [0.15, 0.2) is 0 Å². The van der Waals surface area contributed by atoms with Crippen LogP contribution in [0, 0.1) is 0 Å². The molecule has 9 nitrogen and oxygen atoms in total. The quantitative estimate of drug-likeness (QED) is 0.236. The molecule has 1 aliphatic rings. The standard InChI is InChI=1S/C18H26N4O5S.ClH/c1-27-18(26)15(16(19)23)21-14-11-12(17(24)25)3-4-13(14)20-5-2-6-22-7-9-28-10-8-22;/h3-4,11,15,20-21H,2,5-10H2,1H3,(H2,19,23)(H,24,25);1H. The van der Waals surface area contributed by atoms with Crippen molar-refractivity contribution < 1.29 is 24.2 Å². The summed E-state index contributed by atoms with van der Waals surface area (Å²) >= 11 is 1.96. The molecule has 1 atom stereocenters. The molecule has 29 heavy (non-hydrogen) atoms. The maximum absolute atomic E-state index is 11.8. The van der Waals surface area contributed by atoms with Crippen molar-refractivity contribution in [1.29, 1.82) is 0 Å². The summed E-state index contributed by atoms with van der Waals surface area (Å²) in [6.45, 7) is 3.80. The molecule has 0 saturated carbocycles. The van der Waals surface area contributed by atoms with Gasteiger partial charge in [-0.2, -0.15) is 11.8 Å². The van der Waals surface area contributed by atoms with Crippen LogP contribution < -0.4 is 16.4 Å². The van der Waals surface area contributed by atoms with Crippen LogP contribution >= 0.6 is 24.2 Å². The Balaban J connectivity index is 0.00000420. The number of aromatic carboxylic acids is 1. The first kappa shape index (κ1) is 24.9. The second-order valence-corrected chi connectivity index (χ2v) is 7.53. The number of benzene rings is 1. The van der Waals surface area contributed by atoms with Crippen LogP contribution in [0.15, 0.2) is 18.2 Å². The molecule has 1 aromatic carbocycles. The summed E-state index contributed by atoms with van der Waals surface area (Å²) < 4.78 is 4.58. The number of hydrogen-bond acceptors (Lipinski definition) is 8. The van der Waals surface area contributed by atoms with Crippen molar-refractivity contribution in [3.63, 3.8) is 0 Å². The van der Waals surface area contributed by atoms with Crippen molar-refractivity contribution in [2.75, 3.05) is 55.4 Å². The molecule has 2 rings (SSSR count). The third-order valence-corrected chi connectivity index (χ3v) is 5.30. The monoisotopic (exact) mass is 446 g/mol. The number of rotatable bonds is 10. The van der Waals surface area contributed by atoms with Gasteiger partial charge < -0.3 is 31.1 Å². The molecule has 0 spiro atoms. The van der Waals surface area contributed by atoms with Gasteiger partial charge in [0.05, 0.1) is 24.0 Å². The lowest BCUT2D eigenvalue weighted by Gasteiger charge is -2.26. The third-order valence-electron chi connectivity index (χ3n) is 4.36. The molecule has 0 radical (unpaired) electrons. The molecule has 0 aliphatic carbocycles. The lowest BCUT2D eigenvalue weighted by molar-refractivity contribution is -0.144. The molecule has 5 N–H and O–H groups in total. The summed E-state index contributed by atoms with van der Waals surface area (Å²) in [5.41, 5.74) is 6.16. The Morgan fingerprint density at radius 3 is 2.55 bits per heavy atom. The average Bonchev–Trinajstić information content (AvgIpc) is 2.69. The Labute approximate surface area is 180 Å². The number of esters is 1. The number of ether oxygens (including phenoxy) is 1. The molecule has 1 aromatic rings. The van der Waals surface area contributed by atoms with E-state index in [1.165, 1.54) is 12.1 Å². The van der Waals surface area contributed by atoms with Gasteiger partial charge in [-0.15, -0.1) is 12.4 Å². The van der Waals surface area contributed by atoms with Crippen LogP contribution in [-0.4, -0.2) is 78.7 Å². The molecule has 0 bridgehead atoms. The van der Waals surface area contributed by atoms with Crippen LogP contribution in [0.5, 0.6) is 0 Å². The second kappa shape index (κ2) is 12.4. The molecular weight excluding hydrogens is 420 g/mol. The van der Waals surface area contributed by atoms with E-state index in [2.05, 4.69) is 20.3 Å². The highest BCUT2D eigenvalue weighted by Crippen LogP contribution is 2.24. The maximum Gasteiger partial charge on any atom is 0.338 e. The number of nitrogens with two attached hydrogens (primary N) is 1. The zero-order valence-corrected chi connectivity index (χ0v) is 17.8. The lowest BCUT2D eigenvalue weighted by atomic mass is 10.1. The Morgan fingerprint density at radius 2 is 1.97 bits per heavy atom. The molecule has 1 fully saturated rings. The highest BCUT2D eigenvalue weighted by molar-refractivity contribution is 7.99. The molecule has 11 heteroatoms. The normalized spacial score (nSPS) is 14.9. The van der Waals surface area contributed by atoms with E-state index in [-0.39, 0.29) is 18.0 Å². The number of thioether (sulfide) groups is 1. The van der Waals surface area contributed by atoms with Crippen molar-refractivity contribution in [2.24, 2.45) is 5.73 Å². The number of hydrogen-bond donors (Lipinski definition) is 4. The Kier molecular flexibility index (Phi) is 10.6. The molecule has 1 saturated heterocycles. The maximum atomic E-state index is 11.8. The van der Waals surface area contributed by atoms with Crippen LogP contribution in [0.1, 0.15) is 16.8 Å². The zero-order valence-electron chi connectivity index (χ0n) is 16.2. The van der Waals surface area contributed by atoms with E-state index in [1.807, 2.05) is 11.8 Å². The van der Waals surface area contributed by atoms with E-state index in [4.69, 9.17) is 5.73 Å². The summed E-state index contributed by atoms with van der Waals surface area (Å²) in [7, 11) is 1.14. The van der Waals surface area contributed by atoms with Gasteiger partial charge in [0.1, 0.15) is 0 Å². The Hall–Kier alpha value is -2.17. The van der Waals surface area contributed by atoms with E-state index in [0.29, 0.717) is 17.9 Å². The number of nitrogens with zero attached hydrogens (tertiary/aromatic N) is 1. The number of primary amides is 1. The fraction of sp³-hybridized carbons (Fsp3) is 0.500. The fourth-order valence-electron chi connectivity index (χ4n) is 2.82. The van der Waals surface area contributed by atoms with Gasteiger partial charge in [0.25, 0.3) is 5.91 Å². The fourth-order valence-corrected chi connectivity index (χ4v) is 3.80. The van der Waals surface area contributed by atoms with Crippen molar-refractivity contribution in [3.05, 3.63) is 23.8 Å². The summed E-state index contributed by atoms with van der Waals surface area (Å²) in [4.78, 5) is 37.1. The summed E-state index contributed by atoms with van der Waals surface area (Å²) in [5, 5.41) is 15.1. The second-order valence-electron chi connectivity index (χ2n) is 6.30. The molecule has 162 valence electrons. The van der Waals surface area contributed by atoms with Crippen molar-refractivity contribution in [3.8, 4) is 0 Å². The van der Waals surface area contributed by atoms with E-state index in [0.717, 1.165) is 44.7 Å². The van der Waals surface area contributed by atoms with Crippen LogP contribution in [0.25, 0.3) is 0 Å². The topological polar surface area (TPSA) is 134 Å². The molecule has 1 aliphatic heterocycles. The van der Waals surface area contributed by atoms with Crippen LogP contribution in [0.4, 0.5) is 11.4 Å². The molecule has 1 unspecified atom stereocenters. The SMILES string of the molecule is COC(=O)C(Nc1cc(C(=O)O)ccc1NCCCN1CCSCC1)C(N)=O.Cl. The minimum Gasteiger partial charge on any atom is -0.478 e. The van der Waals surface area contributed by atoms with Crippen LogP contribution in [0.3, 0.4) is 0 Å². The number of carbonyl (C=O) groups excluding carboxylic acids is 2. The van der Waals surface area contributed by atoms with Gasteiger partial charge in [0.2, 0.25) is 6.04 Å². The van der Waals surface area contributed by atoms with E-state index in [1.54, 1.807) is 6.07 Å². The van der Waals surface area contributed by atoms with E-state index < -0.39 is 23.9 Å². The Morgan fingerprint density at radius 1 is 1.28 bits per heavy atom. The van der Waals surface area contributed by atoms with E-state index in [9.17, 15) is 19.5 Å². The first-order valence-corrected chi connectivity index (χ1v) is 10.1. The molecular formula is C18H27ClN4O5S. The third kappa shape index (κ3) is 7.64. The first-order valence-electron chi connectivity index (χ1n) is 8.97. The number of halogens is 1. The summed E-state index contributed by atoms with van der Waals surface area (Å²) in [6, 6.07) is 2.99. The van der Waals surface area contributed by atoms with Gasteiger partial charge in [-0.05, 0) is 31.2 Å². The highest BCUT2D eigenvalue weighted by Gasteiger charge is 2.26. The lowest BCUT2D eigenvalue weighted by Crippen LogP contribution is -2.43. The van der Waals surface area contributed by atoms with Crippen molar-refractivity contribution in [2.45, 2.75) is 12.5 Å². The number of carboxylic acids is 1. The van der Waals surface area contributed by atoms with Crippen molar-refractivity contribution in [1.82, 2.24) is 4.90 Å². The largest absolute Gasteiger partial charge is 0.478 e. The first-order chi connectivity index (χ1) is 13.4. The predicted octanol–water partition coefficient (Wildman–Crippen LogP) is 1.10. The van der Waals surface area contributed by atoms with Crippen LogP contribution in [-0.2, 0) is 14.3 Å². The Bertz CT molecular complexity index is 715.